The van der Waals surface area contributed by atoms with Crippen LogP contribution in [0, 0.1) is 5.92 Å². The third-order valence-electron chi connectivity index (χ3n) is 5.11. The van der Waals surface area contributed by atoms with E-state index in [-0.39, 0.29) is 0 Å². The Morgan fingerprint density at radius 1 is 1.06 bits per heavy atom. The van der Waals surface area contributed by atoms with E-state index in [9.17, 15) is 0 Å². The van der Waals surface area contributed by atoms with Crippen LogP contribution in [0.2, 0.25) is 0 Å². The van der Waals surface area contributed by atoms with Crippen LogP contribution in [0.3, 0.4) is 0 Å². The van der Waals surface area contributed by atoms with Gasteiger partial charge in [0.2, 0.25) is 0 Å². The zero-order valence-corrected chi connectivity index (χ0v) is 12.1. The fourth-order valence-electron chi connectivity index (χ4n) is 4.18. The number of methoxy groups -OCH3 is 1. The summed E-state index contributed by atoms with van der Waals surface area (Å²) < 4.78 is 5.74. The molecule has 0 radical (unpaired) electrons. The molecule has 0 aromatic carbocycles. The zero-order chi connectivity index (χ0) is 13.0. The van der Waals surface area contributed by atoms with E-state index in [1.165, 1.54) is 44.9 Å². The molecule has 2 saturated carbocycles. The van der Waals surface area contributed by atoms with Gasteiger partial charge in [-0.05, 0) is 44.7 Å². The second-order valence-electron chi connectivity index (χ2n) is 5.95. The van der Waals surface area contributed by atoms with Crippen molar-refractivity contribution in [2.24, 2.45) is 11.7 Å². The van der Waals surface area contributed by atoms with Crippen LogP contribution >= 0.6 is 0 Å². The fourth-order valence-corrected chi connectivity index (χ4v) is 4.18. The molecule has 0 aliphatic heterocycles. The van der Waals surface area contributed by atoms with E-state index in [2.05, 4.69) is 11.8 Å². The summed E-state index contributed by atoms with van der Waals surface area (Å²) in [6.45, 7) is 4.30. The lowest BCUT2D eigenvalue weighted by Gasteiger charge is -2.43. The van der Waals surface area contributed by atoms with Gasteiger partial charge >= 0.3 is 0 Å². The molecule has 2 aliphatic rings. The minimum absolute atomic E-state index is 0.442. The fraction of sp³-hybridized carbons (Fsp3) is 1.00. The molecule has 2 fully saturated rings. The second-order valence-corrected chi connectivity index (χ2v) is 5.95. The van der Waals surface area contributed by atoms with E-state index in [0.29, 0.717) is 24.1 Å². The maximum absolute atomic E-state index is 5.96. The number of likely N-dealkylation sites (N-methyl/N-ethyl adjacent to an activating group) is 1. The molecule has 2 N–H and O–H groups in total. The molecule has 0 saturated heterocycles. The van der Waals surface area contributed by atoms with Crippen molar-refractivity contribution < 1.29 is 4.74 Å². The van der Waals surface area contributed by atoms with Gasteiger partial charge in [-0.2, -0.15) is 0 Å². The highest BCUT2D eigenvalue weighted by molar-refractivity contribution is 4.92. The summed E-state index contributed by atoms with van der Waals surface area (Å²) in [5, 5.41) is 0. The predicted octanol–water partition coefficient (Wildman–Crippen LogP) is 2.39. The molecule has 0 amide bonds. The third kappa shape index (κ3) is 2.89. The Bertz CT molecular complexity index is 247. The first kappa shape index (κ1) is 14.3. The van der Waals surface area contributed by atoms with Crippen molar-refractivity contribution in [3.8, 4) is 0 Å². The van der Waals surface area contributed by atoms with Crippen LogP contribution in [0.1, 0.15) is 51.9 Å². The Labute approximate surface area is 112 Å². The Balaban J connectivity index is 2.06. The normalized spacial score (nSPS) is 37.3. The number of ether oxygens (including phenoxy) is 1. The Kier molecular flexibility index (Phi) is 5.46. The average molecular weight is 254 g/mol. The standard InChI is InChI=1S/C15H30N2O/c1-3-17(13-9-6-7-12(13)11-16)14-8-4-5-10-15(14)18-2/h12-15H,3-11,16H2,1-2H3. The first-order valence-electron chi connectivity index (χ1n) is 7.80. The minimum atomic E-state index is 0.442. The highest BCUT2D eigenvalue weighted by Crippen LogP contribution is 2.34. The van der Waals surface area contributed by atoms with Gasteiger partial charge in [-0.1, -0.05) is 26.2 Å². The van der Waals surface area contributed by atoms with E-state index in [1.807, 2.05) is 7.11 Å². The molecule has 18 heavy (non-hydrogen) atoms. The van der Waals surface area contributed by atoms with Gasteiger partial charge in [-0.3, -0.25) is 4.90 Å². The summed E-state index contributed by atoms with van der Waals surface area (Å²) in [5.74, 6) is 0.712. The molecule has 0 heterocycles. The third-order valence-corrected chi connectivity index (χ3v) is 5.11. The number of nitrogens with two attached hydrogens (primary N) is 1. The maximum atomic E-state index is 5.96. The largest absolute Gasteiger partial charge is 0.380 e. The van der Waals surface area contributed by atoms with Gasteiger partial charge in [-0.15, -0.1) is 0 Å². The van der Waals surface area contributed by atoms with Crippen LogP contribution in [0.25, 0.3) is 0 Å². The SMILES string of the molecule is CCN(C1CCCC1CN)C1CCCCC1OC. The van der Waals surface area contributed by atoms with Crippen molar-refractivity contribution in [2.75, 3.05) is 20.2 Å². The summed E-state index contributed by atoms with van der Waals surface area (Å²) in [5.41, 5.74) is 5.96. The quantitative estimate of drug-likeness (QED) is 0.819. The number of hydrogen-bond acceptors (Lipinski definition) is 3. The smallest absolute Gasteiger partial charge is 0.0726 e. The van der Waals surface area contributed by atoms with Crippen LogP contribution in [-0.4, -0.2) is 43.3 Å². The summed E-state index contributed by atoms with van der Waals surface area (Å²) in [6.07, 6.45) is 9.69. The summed E-state index contributed by atoms with van der Waals surface area (Å²) >= 11 is 0. The average Bonchev–Trinajstić information content (AvgIpc) is 2.88. The summed E-state index contributed by atoms with van der Waals surface area (Å²) in [4.78, 5) is 2.72. The lowest BCUT2D eigenvalue weighted by molar-refractivity contribution is -0.0308. The van der Waals surface area contributed by atoms with Gasteiger partial charge < -0.3 is 10.5 Å². The van der Waals surface area contributed by atoms with Crippen LogP contribution in [0.4, 0.5) is 0 Å². The predicted molar refractivity (Wildman–Crippen MR) is 75.6 cm³/mol. The molecule has 2 rings (SSSR count). The maximum Gasteiger partial charge on any atom is 0.0726 e. The molecular formula is C15H30N2O. The Morgan fingerprint density at radius 2 is 1.78 bits per heavy atom. The lowest BCUT2D eigenvalue weighted by Crippen LogP contribution is -2.52. The van der Waals surface area contributed by atoms with Crippen molar-refractivity contribution in [3.63, 3.8) is 0 Å². The summed E-state index contributed by atoms with van der Waals surface area (Å²) in [7, 11) is 1.88. The molecule has 2 aliphatic carbocycles. The molecule has 3 nitrogen and oxygen atoms in total. The lowest BCUT2D eigenvalue weighted by atomic mass is 9.88. The molecule has 0 spiro atoms. The first-order chi connectivity index (χ1) is 8.81. The molecule has 0 aromatic rings. The van der Waals surface area contributed by atoms with E-state index < -0.39 is 0 Å². The van der Waals surface area contributed by atoms with Crippen LogP contribution < -0.4 is 5.73 Å². The molecular weight excluding hydrogens is 224 g/mol. The van der Waals surface area contributed by atoms with Crippen molar-refractivity contribution in [2.45, 2.75) is 70.1 Å². The molecule has 0 bridgehead atoms. The molecule has 4 atom stereocenters. The number of hydrogen-bond donors (Lipinski definition) is 1. The topological polar surface area (TPSA) is 38.5 Å². The highest BCUT2D eigenvalue weighted by Gasteiger charge is 2.38. The van der Waals surface area contributed by atoms with Gasteiger partial charge in [0.05, 0.1) is 6.10 Å². The molecule has 3 heteroatoms. The molecule has 4 unspecified atom stereocenters. The van der Waals surface area contributed by atoms with Gasteiger partial charge in [0.25, 0.3) is 0 Å². The minimum Gasteiger partial charge on any atom is -0.380 e. The zero-order valence-electron chi connectivity index (χ0n) is 12.1. The van der Waals surface area contributed by atoms with E-state index in [1.54, 1.807) is 0 Å². The second kappa shape index (κ2) is 6.88. The first-order valence-corrected chi connectivity index (χ1v) is 7.80. The van der Waals surface area contributed by atoms with Crippen LogP contribution in [0.5, 0.6) is 0 Å². The van der Waals surface area contributed by atoms with Crippen molar-refractivity contribution in [3.05, 3.63) is 0 Å². The van der Waals surface area contributed by atoms with Crippen LogP contribution in [-0.2, 0) is 4.74 Å². The van der Waals surface area contributed by atoms with Crippen molar-refractivity contribution >= 4 is 0 Å². The summed E-state index contributed by atoms with van der Waals surface area (Å²) in [6, 6.07) is 1.34. The van der Waals surface area contributed by atoms with E-state index in [0.717, 1.165) is 13.1 Å². The number of nitrogens with zero attached hydrogens (tertiary/aromatic N) is 1. The molecule has 106 valence electrons. The van der Waals surface area contributed by atoms with Gasteiger partial charge in [0.15, 0.2) is 0 Å². The van der Waals surface area contributed by atoms with Gasteiger partial charge in [0, 0.05) is 19.2 Å². The van der Waals surface area contributed by atoms with Crippen LogP contribution in [0.15, 0.2) is 0 Å². The van der Waals surface area contributed by atoms with E-state index >= 15 is 0 Å². The Morgan fingerprint density at radius 3 is 2.44 bits per heavy atom. The van der Waals surface area contributed by atoms with Crippen molar-refractivity contribution in [1.82, 2.24) is 4.90 Å². The monoisotopic (exact) mass is 254 g/mol. The highest BCUT2D eigenvalue weighted by atomic mass is 16.5. The number of rotatable bonds is 5. The van der Waals surface area contributed by atoms with Gasteiger partial charge in [0.1, 0.15) is 0 Å². The van der Waals surface area contributed by atoms with E-state index in [4.69, 9.17) is 10.5 Å². The Hall–Kier alpha value is -0.120. The van der Waals surface area contributed by atoms with Crippen molar-refractivity contribution in [1.29, 1.82) is 0 Å². The molecule has 0 aromatic heterocycles. The van der Waals surface area contributed by atoms with Gasteiger partial charge in [-0.25, -0.2) is 0 Å².